The highest BCUT2D eigenvalue weighted by Crippen LogP contribution is 2.27. The zero-order chi connectivity index (χ0) is 13.4. The third kappa shape index (κ3) is 1.97. The zero-order valence-electron chi connectivity index (χ0n) is 10.1. The summed E-state index contributed by atoms with van der Waals surface area (Å²) < 4.78 is 0. The molecule has 0 atom stereocenters. The Hall–Kier alpha value is -2.63. The Balaban J connectivity index is 2.10. The van der Waals surface area contributed by atoms with Gasteiger partial charge in [-0.05, 0) is 12.1 Å². The molecule has 0 saturated carbocycles. The lowest BCUT2D eigenvalue weighted by Crippen LogP contribution is -2.49. The number of pyridine rings is 1. The fourth-order valence-corrected chi connectivity index (χ4v) is 2.17. The largest absolute Gasteiger partial charge is 0.397 e. The maximum absolute atomic E-state index is 11.9. The standard InChI is InChI=1S/C13H12N4O2/c14-9-6-8-2-1-3-10(12(8)15-7-9)17-5-4-11(18)16-13(17)19/h1-3,6-7H,4-5,14H2,(H,16,18,19). The van der Waals surface area contributed by atoms with Crippen molar-refractivity contribution in [2.45, 2.75) is 6.42 Å². The molecule has 1 aliphatic heterocycles. The van der Waals surface area contributed by atoms with E-state index in [9.17, 15) is 9.59 Å². The summed E-state index contributed by atoms with van der Waals surface area (Å²) in [5.41, 5.74) is 7.65. The Kier molecular flexibility index (Phi) is 2.56. The van der Waals surface area contributed by atoms with Gasteiger partial charge in [0.1, 0.15) is 0 Å². The van der Waals surface area contributed by atoms with Crippen molar-refractivity contribution in [3.8, 4) is 0 Å². The third-order valence-corrected chi connectivity index (χ3v) is 3.06. The number of nitrogens with zero attached hydrogens (tertiary/aromatic N) is 2. The second-order valence-electron chi connectivity index (χ2n) is 4.37. The molecule has 2 aromatic rings. The minimum absolute atomic E-state index is 0.251. The van der Waals surface area contributed by atoms with Gasteiger partial charge >= 0.3 is 6.03 Å². The number of amides is 3. The minimum Gasteiger partial charge on any atom is -0.397 e. The third-order valence-electron chi connectivity index (χ3n) is 3.06. The van der Waals surface area contributed by atoms with E-state index in [0.717, 1.165) is 5.39 Å². The summed E-state index contributed by atoms with van der Waals surface area (Å²) in [7, 11) is 0. The lowest BCUT2D eigenvalue weighted by molar-refractivity contribution is -0.120. The molecule has 3 N–H and O–H groups in total. The Morgan fingerprint density at radius 1 is 1.32 bits per heavy atom. The molecule has 6 heteroatoms. The first-order valence-electron chi connectivity index (χ1n) is 5.91. The molecular weight excluding hydrogens is 244 g/mol. The number of para-hydroxylation sites is 1. The summed E-state index contributed by atoms with van der Waals surface area (Å²) in [6.07, 6.45) is 1.84. The molecule has 1 saturated heterocycles. The molecule has 0 unspecified atom stereocenters. The Morgan fingerprint density at radius 2 is 2.16 bits per heavy atom. The number of nitrogens with one attached hydrogen (secondary N) is 1. The van der Waals surface area contributed by atoms with Crippen molar-refractivity contribution in [1.82, 2.24) is 10.3 Å². The molecule has 3 rings (SSSR count). The topological polar surface area (TPSA) is 88.3 Å². The van der Waals surface area contributed by atoms with Crippen LogP contribution in [-0.2, 0) is 4.79 Å². The van der Waals surface area contributed by atoms with E-state index >= 15 is 0 Å². The molecular formula is C13H12N4O2. The van der Waals surface area contributed by atoms with Gasteiger partial charge in [0, 0.05) is 18.4 Å². The molecule has 0 spiro atoms. The molecule has 0 bridgehead atoms. The first kappa shape index (κ1) is 11.5. The van der Waals surface area contributed by atoms with E-state index in [1.54, 1.807) is 18.3 Å². The monoisotopic (exact) mass is 256 g/mol. The molecule has 19 heavy (non-hydrogen) atoms. The van der Waals surface area contributed by atoms with Crippen molar-refractivity contribution in [1.29, 1.82) is 0 Å². The van der Waals surface area contributed by atoms with Gasteiger partial charge in [0.25, 0.3) is 0 Å². The van der Waals surface area contributed by atoms with Crippen molar-refractivity contribution in [2.24, 2.45) is 0 Å². The Morgan fingerprint density at radius 3 is 2.95 bits per heavy atom. The summed E-state index contributed by atoms with van der Waals surface area (Å²) in [5, 5.41) is 3.16. The normalized spacial score (nSPS) is 15.7. The number of benzene rings is 1. The summed E-state index contributed by atoms with van der Waals surface area (Å²) in [6.45, 7) is 0.357. The van der Waals surface area contributed by atoms with Crippen LogP contribution in [0.4, 0.5) is 16.2 Å². The number of rotatable bonds is 1. The first-order valence-corrected chi connectivity index (χ1v) is 5.91. The van der Waals surface area contributed by atoms with Gasteiger partial charge in [-0.2, -0.15) is 0 Å². The van der Waals surface area contributed by atoms with E-state index in [1.807, 2.05) is 12.1 Å². The van der Waals surface area contributed by atoms with Gasteiger partial charge in [0.2, 0.25) is 5.91 Å². The summed E-state index contributed by atoms with van der Waals surface area (Å²) >= 11 is 0. The molecule has 1 aromatic carbocycles. The van der Waals surface area contributed by atoms with Crippen molar-refractivity contribution < 1.29 is 9.59 Å². The predicted octanol–water partition coefficient (Wildman–Crippen LogP) is 1.26. The van der Waals surface area contributed by atoms with Gasteiger partial charge in [-0.3, -0.25) is 20.0 Å². The summed E-state index contributed by atoms with van der Waals surface area (Å²) in [4.78, 5) is 28.8. The molecule has 1 aromatic heterocycles. The average molecular weight is 256 g/mol. The quantitative estimate of drug-likeness (QED) is 0.804. The number of fused-ring (bicyclic) bond motifs is 1. The summed E-state index contributed by atoms with van der Waals surface area (Å²) in [6, 6.07) is 6.92. The van der Waals surface area contributed by atoms with Crippen LogP contribution in [0.15, 0.2) is 30.5 Å². The van der Waals surface area contributed by atoms with E-state index in [0.29, 0.717) is 23.4 Å². The second-order valence-corrected chi connectivity index (χ2v) is 4.37. The number of hydrogen-bond acceptors (Lipinski definition) is 4. The molecule has 1 aliphatic rings. The van der Waals surface area contributed by atoms with E-state index in [-0.39, 0.29) is 12.3 Å². The molecule has 96 valence electrons. The van der Waals surface area contributed by atoms with Gasteiger partial charge in [-0.1, -0.05) is 12.1 Å². The smallest absolute Gasteiger partial charge is 0.328 e. The predicted molar refractivity (Wildman–Crippen MR) is 71.7 cm³/mol. The molecule has 3 amide bonds. The van der Waals surface area contributed by atoms with Crippen LogP contribution in [0.25, 0.3) is 10.9 Å². The highest BCUT2D eigenvalue weighted by Gasteiger charge is 2.25. The lowest BCUT2D eigenvalue weighted by atomic mass is 10.1. The van der Waals surface area contributed by atoms with Crippen LogP contribution < -0.4 is 16.0 Å². The van der Waals surface area contributed by atoms with Crippen molar-refractivity contribution >= 4 is 34.2 Å². The van der Waals surface area contributed by atoms with E-state index in [4.69, 9.17) is 5.73 Å². The van der Waals surface area contributed by atoms with Crippen molar-refractivity contribution in [3.63, 3.8) is 0 Å². The number of hydrogen-bond donors (Lipinski definition) is 2. The first-order chi connectivity index (χ1) is 9.15. The van der Waals surface area contributed by atoms with Gasteiger partial charge in [0.05, 0.1) is 23.1 Å². The number of urea groups is 1. The van der Waals surface area contributed by atoms with E-state index in [1.165, 1.54) is 4.90 Å². The number of carbonyl (C=O) groups is 2. The SMILES string of the molecule is Nc1cnc2c(N3CCC(=O)NC3=O)cccc2c1. The number of carbonyl (C=O) groups excluding carboxylic acids is 2. The molecule has 0 radical (unpaired) electrons. The summed E-state index contributed by atoms with van der Waals surface area (Å²) in [5.74, 6) is -0.251. The molecule has 6 nitrogen and oxygen atoms in total. The molecule has 2 heterocycles. The maximum Gasteiger partial charge on any atom is 0.328 e. The van der Waals surface area contributed by atoms with Crippen LogP contribution >= 0.6 is 0 Å². The number of aromatic nitrogens is 1. The van der Waals surface area contributed by atoms with E-state index in [2.05, 4.69) is 10.3 Å². The average Bonchev–Trinajstić information content (AvgIpc) is 2.38. The van der Waals surface area contributed by atoms with Crippen molar-refractivity contribution in [2.75, 3.05) is 17.2 Å². The maximum atomic E-state index is 11.9. The molecule has 1 fully saturated rings. The van der Waals surface area contributed by atoms with Crippen LogP contribution in [0.3, 0.4) is 0 Å². The van der Waals surface area contributed by atoms with Gasteiger partial charge in [-0.25, -0.2) is 4.79 Å². The van der Waals surface area contributed by atoms with Crippen LogP contribution in [0.2, 0.25) is 0 Å². The highest BCUT2D eigenvalue weighted by atomic mass is 16.2. The lowest BCUT2D eigenvalue weighted by Gasteiger charge is -2.27. The zero-order valence-corrected chi connectivity index (χ0v) is 10.1. The van der Waals surface area contributed by atoms with Gasteiger partial charge in [-0.15, -0.1) is 0 Å². The Labute approximate surface area is 109 Å². The fourth-order valence-electron chi connectivity index (χ4n) is 2.17. The van der Waals surface area contributed by atoms with Crippen molar-refractivity contribution in [3.05, 3.63) is 30.5 Å². The van der Waals surface area contributed by atoms with Gasteiger partial charge in [0.15, 0.2) is 0 Å². The van der Waals surface area contributed by atoms with Crippen LogP contribution in [-0.4, -0.2) is 23.5 Å². The molecule has 0 aliphatic carbocycles. The van der Waals surface area contributed by atoms with Gasteiger partial charge < -0.3 is 5.73 Å². The fraction of sp³-hybridized carbons (Fsp3) is 0.154. The minimum atomic E-state index is -0.414. The second kappa shape index (κ2) is 4.24. The highest BCUT2D eigenvalue weighted by molar-refractivity contribution is 6.09. The number of nitrogen functional groups attached to an aromatic ring is 1. The van der Waals surface area contributed by atoms with Crippen LogP contribution in [0, 0.1) is 0 Å². The van der Waals surface area contributed by atoms with Crippen LogP contribution in [0.5, 0.6) is 0 Å². The van der Waals surface area contributed by atoms with Crippen LogP contribution in [0.1, 0.15) is 6.42 Å². The number of anilines is 2. The van der Waals surface area contributed by atoms with E-state index < -0.39 is 6.03 Å². The number of imide groups is 1. The Bertz CT molecular complexity index is 683. The number of nitrogens with two attached hydrogens (primary N) is 1.